The van der Waals surface area contributed by atoms with Crippen molar-refractivity contribution in [1.29, 1.82) is 0 Å². The average Bonchev–Trinajstić information content (AvgIpc) is 3.26. The first kappa shape index (κ1) is 58.1. The smallest absolute Gasteiger partial charge is 0.306 e. The van der Waals surface area contributed by atoms with Gasteiger partial charge in [0.05, 0.1) is 0 Å². The van der Waals surface area contributed by atoms with E-state index >= 15 is 0 Å². The van der Waals surface area contributed by atoms with Gasteiger partial charge in [-0.25, -0.2) is 0 Å². The highest BCUT2D eigenvalue weighted by atomic mass is 16.6. The van der Waals surface area contributed by atoms with Gasteiger partial charge in [-0.05, 0) is 57.8 Å². The fourth-order valence-corrected chi connectivity index (χ4v) is 7.20. The quantitative estimate of drug-likeness (QED) is 0.0200. The van der Waals surface area contributed by atoms with Gasteiger partial charge in [-0.3, -0.25) is 14.4 Å². The van der Waals surface area contributed by atoms with Crippen molar-refractivity contribution < 1.29 is 28.6 Å². The van der Waals surface area contributed by atoms with Gasteiger partial charge in [-0.2, -0.15) is 0 Å². The van der Waals surface area contributed by atoms with Crippen molar-refractivity contribution in [2.75, 3.05) is 13.2 Å². The normalized spacial score (nSPS) is 12.5. The van der Waals surface area contributed by atoms with Crippen LogP contribution in [0.2, 0.25) is 0 Å². The van der Waals surface area contributed by atoms with E-state index in [-0.39, 0.29) is 37.5 Å². The van der Waals surface area contributed by atoms with Crippen molar-refractivity contribution in [3.05, 3.63) is 60.8 Å². The van der Waals surface area contributed by atoms with Gasteiger partial charge in [-0.1, -0.05) is 236 Å². The predicted octanol–water partition coefficient (Wildman–Crippen LogP) is 16.9. The Morgan fingerprint density at radius 1 is 0.344 bits per heavy atom. The van der Waals surface area contributed by atoms with Gasteiger partial charge in [0.25, 0.3) is 0 Å². The molecule has 0 fully saturated rings. The number of allylic oxidation sites excluding steroid dienone is 10. The van der Waals surface area contributed by atoms with E-state index in [0.29, 0.717) is 12.8 Å². The van der Waals surface area contributed by atoms with Crippen molar-refractivity contribution >= 4 is 17.9 Å². The summed E-state index contributed by atoms with van der Waals surface area (Å²) in [5, 5.41) is 0. The zero-order valence-corrected chi connectivity index (χ0v) is 40.2. The maximum atomic E-state index is 12.7. The molecule has 0 amide bonds. The van der Waals surface area contributed by atoms with E-state index in [1.807, 2.05) is 36.5 Å². The molecule has 0 aromatic carbocycles. The minimum Gasteiger partial charge on any atom is -0.462 e. The summed E-state index contributed by atoms with van der Waals surface area (Å²) in [6, 6.07) is 0. The number of ether oxygens (including phenoxy) is 3. The zero-order chi connectivity index (χ0) is 44.4. The van der Waals surface area contributed by atoms with Gasteiger partial charge in [0.2, 0.25) is 0 Å². The highest BCUT2D eigenvalue weighted by molar-refractivity contribution is 5.71. The standard InChI is InChI=1S/C55H96O6/c1-4-7-10-13-16-19-22-24-25-26-27-28-29-31-33-36-39-42-45-48-54(57)60-51-52(50-59-53(56)47-44-41-38-35-32-21-18-15-12-9-6-3)61-55(58)49-46-43-40-37-34-30-23-20-17-14-11-8-5-2/h8,11,14-15,17-18,20,23,30,34,52H,4-7,9-10,12-13,16,19,21-22,24-29,31-33,35-51H2,1-3H3/b11-8-,17-14-,18-15-,23-20-,34-30-. The largest absolute Gasteiger partial charge is 0.462 e. The number of esters is 3. The number of rotatable bonds is 46. The van der Waals surface area contributed by atoms with Crippen LogP contribution >= 0.6 is 0 Å². The van der Waals surface area contributed by atoms with Gasteiger partial charge in [0.15, 0.2) is 6.10 Å². The molecule has 0 aliphatic rings. The summed E-state index contributed by atoms with van der Waals surface area (Å²) in [5.41, 5.74) is 0. The van der Waals surface area contributed by atoms with Crippen molar-refractivity contribution in [3.8, 4) is 0 Å². The van der Waals surface area contributed by atoms with Gasteiger partial charge in [0.1, 0.15) is 13.2 Å². The topological polar surface area (TPSA) is 78.9 Å². The second-order valence-electron chi connectivity index (χ2n) is 17.1. The maximum absolute atomic E-state index is 12.7. The number of unbranched alkanes of at least 4 members (excludes halogenated alkanes) is 28. The van der Waals surface area contributed by atoms with Crippen LogP contribution in [-0.2, 0) is 28.6 Å². The molecule has 352 valence electrons. The van der Waals surface area contributed by atoms with Crippen molar-refractivity contribution in [2.45, 2.75) is 258 Å². The number of hydrogen-bond donors (Lipinski definition) is 0. The third kappa shape index (κ3) is 48.0. The first-order valence-electron chi connectivity index (χ1n) is 25.8. The third-order valence-corrected chi connectivity index (χ3v) is 11.1. The van der Waals surface area contributed by atoms with E-state index in [2.05, 4.69) is 45.1 Å². The van der Waals surface area contributed by atoms with E-state index in [4.69, 9.17) is 14.2 Å². The van der Waals surface area contributed by atoms with E-state index in [0.717, 1.165) is 77.0 Å². The summed E-state index contributed by atoms with van der Waals surface area (Å²) in [5.74, 6) is -0.936. The summed E-state index contributed by atoms with van der Waals surface area (Å²) in [4.78, 5) is 37.9. The molecule has 0 saturated heterocycles. The fraction of sp³-hybridized carbons (Fsp3) is 0.764. The molecule has 0 aromatic heterocycles. The molecule has 0 aromatic rings. The molecule has 0 aliphatic carbocycles. The average molecular weight is 853 g/mol. The Morgan fingerprint density at radius 2 is 0.672 bits per heavy atom. The third-order valence-electron chi connectivity index (χ3n) is 11.1. The van der Waals surface area contributed by atoms with Crippen LogP contribution in [0, 0.1) is 0 Å². The highest BCUT2D eigenvalue weighted by Crippen LogP contribution is 2.16. The minimum atomic E-state index is -0.794. The molecule has 61 heavy (non-hydrogen) atoms. The van der Waals surface area contributed by atoms with Gasteiger partial charge in [0, 0.05) is 19.3 Å². The lowest BCUT2D eigenvalue weighted by Gasteiger charge is -2.18. The Labute approximate surface area is 377 Å². The lowest BCUT2D eigenvalue weighted by Crippen LogP contribution is -2.30. The van der Waals surface area contributed by atoms with E-state index < -0.39 is 6.10 Å². The lowest BCUT2D eigenvalue weighted by molar-refractivity contribution is -0.167. The molecule has 0 saturated carbocycles. The molecule has 6 heteroatoms. The van der Waals surface area contributed by atoms with Crippen molar-refractivity contribution in [2.24, 2.45) is 0 Å². The molecule has 0 aliphatic heterocycles. The SMILES string of the molecule is CC\C=C/C=C\C=C/C=C\CCCCCC(=O)OC(COC(=O)CCCCCCC/C=C\CCCC)COC(=O)CCCCCCCCCCCCCCCCCCCCC. The molecule has 0 radical (unpaired) electrons. The Morgan fingerprint density at radius 3 is 1.11 bits per heavy atom. The van der Waals surface area contributed by atoms with Crippen LogP contribution in [0.25, 0.3) is 0 Å². The van der Waals surface area contributed by atoms with Gasteiger partial charge >= 0.3 is 17.9 Å². The van der Waals surface area contributed by atoms with Crippen LogP contribution in [0.5, 0.6) is 0 Å². The van der Waals surface area contributed by atoms with E-state index in [9.17, 15) is 14.4 Å². The summed E-state index contributed by atoms with van der Waals surface area (Å²) in [7, 11) is 0. The first-order chi connectivity index (χ1) is 30.0. The molecular formula is C55H96O6. The molecule has 0 N–H and O–H groups in total. The molecule has 1 unspecified atom stereocenters. The van der Waals surface area contributed by atoms with Gasteiger partial charge < -0.3 is 14.2 Å². The van der Waals surface area contributed by atoms with Crippen LogP contribution < -0.4 is 0 Å². The summed E-state index contributed by atoms with van der Waals surface area (Å²) < 4.78 is 16.7. The lowest BCUT2D eigenvalue weighted by atomic mass is 10.0. The molecule has 0 spiro atoms. The predicted molar refractivity (Wildman–Crippen MR) is 261 cm³/mol. The minimum absolute atomic E-state index is 0.0910. The van der Waals surface area contributed by atoms with Crippen LogP contribution in [0.4, 0.5) is 0 Å². The second-order valence-corrected chi connectivity index (χ2v) is 17.1. The van der Waals surface area contributed by atoms with Crippen LogP contribution in [-0.4, -0.2) is 37.2 Å². The fourth-order valence-electron chi connectivity index (χ4n) is 7.20. The monoisotopic (exact) mass is 853 g/mol. The molecular weight excluding hydrogens is 757 g/mol. The van der Waals surface area contributed by atoms with Crippen LogP contribution in [0.15, 0.2) is 60.8 Å². The van der Waals surface area contributed by atoms with Crippen LogP contribution in [0.3, 0.4) is 0 Å². The highest BCUT2D eigenvalue weighted by Gasteiger charge is 2.19. The Balaban J connectivity index is 4.34. The summed E-state index contributed by atoms with van der Waals surface area (Å²) >= 11 is 0. The number of carbonyl (C=O) groups excluding carboxylic acids is 3. The Bertz CT molecular complexity index is 1120. The molecule has 6 nitrogen and oxygen atoms in total. The van der Waals surface area contributed by atoms with Crippen LogP contribution in [0.1, 0.15) is 252 Å². The van der Waals surface area contributed by atoms with Crippen molar-refractivity contribution in [3.63, 3.8) is 0 Å². The van der Waals surface area contributed by atoms with E-state index in [1.54, 1.807) is 0 Å². The van der Waals surface area contributed by atoms with Crippen molar-refractivity contribution in [1.82, 2.24) is 0 Å². The number of carbonyl (C=O) groups is 3. The maximum Gasteiger partial charge on any atom is 0.306 e. The van der Waals surface area contributed by atoms with E-state index in [1.165, 1.54) is 135 Å². The molecule has 0 rings (SSSR count). The van der Waals surface area contributed by atoms with Gasteiger partial charge in [-0.15, -0.1) is 0 Å². The molecule has 1 atom stereocenters. The summed E-state index contributed by atoms with van der Waals surface area (Å²) in [6.07, 6.45) is 60.7. The molecule has 0 bridgehead atoms. The first-order valence-corrected chi connectivity index (χ1v) is 25.8. The summed E-state index contributed by atoms with van der Waals surface area (Å²) in [6.45, 7) is 6.43. The number of hydrogen-bond acceptors (Lipinski definition) is 6. The Hall–Kier alpha value is -2.89. The zero-order valence-electron chi connectivity index (χ0n) is 40.2. The second kappa shape index (κ2) is 49.8. The molecule has 0 heterocycles. The Kier molecular flexibility index (Phi) is 47.4.